The molecule has 3 rings (SSSR count). The zero-order valence-corrected chi connectivity index (χ0v) is 14.1. The van der Waals surface area contributed by atoms with Crippen LogP contribution < -0.4 is 0 Å². The van der Waals surface area contributed by atoms with Crippen molar-refractivity contribution < 1.29 is 8.78 Å². The SMILES string of the molecule is N#Cc1ccc(C2CCC(C3CCC(C=CF)CC3)CC2)cc1F. The van der Waals surface area contributed by atoms with E-state index in [-0.39, 0.29) is 5.56 Å². The Balaban J connectivity index is 1.53. The summed E-state index contributed by atoms with van der Waals surface area (Å²) in [7, 11) is 0. The molecule has 0 spiro atoms. The second kappa shape index (κ2) is 7.92. The van der Waals surface area contributed by atoms with Crippen molar-refractivity contribution in [2.75, 3.05) is 0 Å². The Hall–Kier alpha value is -1.69. The van der Waals surface area contributed by atoms with Gasteiger partial charge in [-0.15, -0.1) is 0 Å². The van der Waals surface area contributed by atoms with E-state index in [1.54, 1.807) is 18.2 Å². The number of benzene rings is 1. The Bertz CT molecular complexity index is 615. The highest BCUT2D eigenvalue weighted by Gasteiger charge is 2.31. The lowest BCUT2D eigenvalue weighted by atomic mass is 9.68. The highest BCUT2D eigenvalue weighted by atomic mass is 19.1. The van der Waals surface area contributed by atoms with Crippen molar-refractivity contribution in [2.24, 2.45) is 17.8 Å². The Morgan fingerprint density at radius 3 is 2.12 bits per heavy atom. The number of nitrogens with zero attached hydrogens (tertiary/aromatic N) is 1. The lowest BCUT2D eigenvalue weighted by Gasteiger charge is -2.37. The fourth-order valence-electron chi connectivity index (χ4n) is 4.71. The zero-order valence-electron chi connectivity index (χ0n) is 14.1. The van der Waals surface area contributed by atoms with Gasteiger partial charge in [0.05, 0.1) is 11.9 Å². The number of halogens is 2. The molecular weight excluding hydrogens is 304 g/mol. The molecule has 2 aliphatic rings. The zero-order chi connectivity index (χ0) is 16.9. The van der Waals surface area contributed by atoms with E-state index in [0.29, 0.717) is 18.2 Å². The van der Waals surface area contributed by atoms with Crippen molar-refractivity contribution in [3.63, 3.8) is 0 Å². The fraction of sp³-hybridized carbons (Fsp3) is 0.571. The van der Waals surface area contributed by atoms with Crippen LogP contribution in [-0.4, -0.2) is 0 Å². The van der Waals surface area contributed by atoms with Gasteiger partial charge in [0.25, 0.3) is 0 Å². The molecule has 1 aromatic rings. The average Bonchev–Trinajstić information content (AvgIpc) is 2.63. The van der Waals surface area contributed by atoms with Gasteiger partial charge < -0.3 is 0 Å². The highest BCUT2D eigenvalue weighted by molar-refractivity contribution is 5.34. The van der Waals surface area contributed by atoms with Crippen molar-refractivity contribution in [1.29, 1.82) is 5.26 Å². The molecular formula is C21H25F2N. The van der Waals surface area contributed by atoms with E-state index >= 15 is 0 Å². The van der Waals surface area contributed by atoms with Crippen molar-refractivity contribution in [2.45, 2.75) is 57.3 Å². The summed E-state index contributed by atoms with van der Waals surface area (Å²) in [5, 5.41) is 8.84. The summed E-state index contributed by atoms with van der Waals surface area (Å²) in [5.74, 6) is 2.03. The smallest absolute Gasteiger partial charge is 0.141 e. The first-order chi connectivity index (χ1) is 11.7. The van der Waals surface area contributed by atoms with Gasteiger partial charge in [-0.3, -0.25) is 0 Å². The molecule has 0 radical (unpaired) electrons. The van der Waals surface area contributed by atoms with Crippen LogP contribution in [0.2, 0.25) is 0 Å². The molecule has 0 heterocycles. The second-order valence-electron chi connectivity index (χ2n) is 7.46. The standard InChI is InChI=1S/C21H25F2N/c22-12-11-15-1-3-16(4-2-15)17-5-7-18(8-6-17)19-9-10-20(14-24)21(23)13-19/h9-13,15-18H,1-8H2. The van der Waals surface area contributed by atoms with Crippen LogP contribution in [0.4, 0.5) is 8.78 Å². The summed E-state index contributed by atoms with van der Waals surface area (Å²) in [6, 6.07) is 6.96. The Kier molecular flexibility index (Phi) is 5.66. The third-order valence-corrected chi connectivity index (χ3v) is 6.18. The van der Waals surface area contributed by atoms with E-state index in [2.05, 4.69) is 0 Å². The van der Waals surface area contributed by atoms with E-state index < -0.39 is 5.82 Å². The third-order valence-electron chi connectivity index (χ3n) is 6.18. The van der Waals surface area contributed by atoms with Crippen molar-refractivity contribution in [3.05, 3.63) is 47.5 Å². The van der Waals surface area contributed by atoms with Crippen LogP contribution in [0.25, 0.3) is 0 Å². The molecule has 0 N–H and O–H groups in total. The van der Waals surface area contributed by atoms with E-state index in [9.17, 15) is 8.78 Å². The minimum absolute atomic E-state index is 0.131. The molecule has 128 valence electrons. The molecule has 0 unspecified atom stereocenters. The molecule has 1 nitrogen and oxygen atoms in total. The molecule has 0 aromatic heterocycles. The minimum Gasteiger partial charge on any atom is -0.216 e. The van der Waals surface area contributed by atoms with Gasteiger partial charge in [0.1, 0.15) is 11.9 Å². The van der Waals surface area contributed by atoms with Crippen LogP contribution in [0, 0.1) is 34.9 Å². The van der Waals surface area contributed by atoms with Gasteiger partial charge >= 0.3 is 0 Å². The molecule has 0 amide bonds. The fourth-order valence-corrected chi connectivity index (χ4v) is 4.71. The van der Waals surface area contributed by atoms with E-state index in [0.717, 1.165) is 43.1 Å². The maximum absolute atomic E-state index is 13.8. The molecule has 0 aliphatic heterocycles. The van der Waals surface area contributed by atoms with Crippen LogP contribution in [0.3, 0.4) is 0 Å². The molecule has 0 bridgehead atoms. The van der Waals surface area contributed by atoms with Gasteiger partial charge in [-0.1, -0.05) is 12.1 Å². The summed E-state index contributed by atoms with van der Waals surface area (Å²) < 4.78 is 26.1. The summed E-state index contributed by atoms with van der Waals surface area (Å²) in [6.45, 7) is 0. The van der Waals surface area contributed by atoms with Crippen molar-refractivity contribution in [1.82, 2.24) is 0 Å². The number of allylic oxidation sites excluding steroid dienone is 1. The van der Waals surface area contributed by atoms with Gasteiger partial charge in [0, 0.05) is 0 Å². The maximum atomic E-state index is 13.8. The van der Waals surface area contributed by atoms with Crippen LogP contribution in [0.5, 0.6) is 0 Å². The number of nitriles is 1. The highest BCUT2D eigenvalue weighted by Crippen LogP contribution is 2.44. The predicted octanol–water partition coefficient (Wildman–Crippen LogP) is 6.26. The average molecular weight is 329 g/mol. The molecule has 2 fully saturated rings. The second-order valence-corrected chi connectivity index (χ2v) is 7.46. The summed E-state index contributed by atoms with van der Waals surface area (Å²) in [4.78, 5) is 0. The Morgan fingerprint density at radius 2 is 1.58 bits per heavy atom. The van der Waals surface area contributed by atoms with Gasteiger partial charge in [0.2, 0.25) is 0 Å². The number of hydrogen-bond acceptors (Lipinski definition) is 1. The molecule has 2 saturated carbocycles. The number of rotatable bonds is 3. The van der Waals surface area contributed by atoms with E-state index in [1.807, 2.05) is 12.1 Å². The van der Waals surface area contributed by atoms with Gasteiger partial charge in [-0.25, -0.2) is 8.78 Å². The summed E-state index contributed by atoms with van der Waals surface area (Å²) in [5.41, 5.74) is 1.17. The van der Waals surface area contributed by atoms with E-state index in [4.69, 9.17) is 5.26 Å². The lowest BCUT2D eigenvalue weighted by molar-refractivity contribution is 0.171. The first kappa shape index (κ1) is 17.1. The van der Waals surface area contributed by atoms with Crippen molar-refractivity contribution >= 4 is 0 Å². The maximum Gasteiger partial charge on any atom is 0.141 e. The van der Waals surface area contributed by atoms with Gasteiger partial charge in [-0.2, -0.15) is 5.26 Å². The first-order valence-electron chi connectivity index (χ1n) is 9.17. The lowest BCUT2D eigenvalue weighted by Crippen LogP contribution is -2.25. The summed E-state index contributed by atoms with van der Waals surface area (Å²) in [6.07, 6.45) is 11.7. The monoisotopic (exact) mass is 329 g/mol. The van der Waals surface area contributed by atoms with Crippen LogP contribution in [-0.2, 0) is 0 Å². The normalized spacial score (nSPS) is 31.0. The summed E-state index contributed by atoms with van der Waals surface area (Å²) >= 11 is 0. The first-order valence-corrected chi connectivity index (χ1v) is 9.17. The third kappa shape index (κ3) is 3.86. The molecule has 2 aliphatic carbocycles. The molecule has 24 heavy (non-hydrogen) atoms. The molecule has 3 heteroatoms. The van der Waals surface area contributed by atoms with Crippen LogP contribution >= 0.6 is 0 Å². The van der Waals surface area contributed by atoms with Gasteiger partial charge in [-0.05, 0) is 92.7 Å². The van der Waals surface area contributed by atoms with Crippen LogP contribution in [0.1, 0.15) is 68.4 Å². The minimum atomic E-state index is -0.392. The predicted molar refractivity (Wildman–Crippen MR) is 91.5 cm³/mol. The van der Waals surface area contributed by atoms with Crippen molar-refractivity contribution in [3.8, 4) is 6.07 Å². The number of hydrogen-bond donors (Lipinski definition) is 0. The molecule has 0 atom stereocenters. The largest absolute Gasteiger partial charge is 0.216 e. The van der Waals surface area contributed by atoms with Gasteiger partial charge in [0.15, 0.2) is 0 Å². The van der Waals surface area contributed by atoms with E-state index in [1.165, 1.54) is 25.7 Å². The molecule has 1 aromatic carbocycles. The topological polar surface area (TPSA) is 23.8 Å². The molecule has 0 saturated heterocycles. The Labute approximate surface area is 143 Å². The van der Waals surface area contributed by atoms with Crippen LogP contribution in [0.15, 0.2) is 30.6 Å². The quantitative estimate of drug-likeness (QED) is 0.642. The Morgan fingerprint density at radius 1 is 0.958 bits per heavy atom.